The minimum atomic E-state index is -0.0464. The molecule has 24 heavy (non-hydrogen) atoms. The van der Waals surface area contributed by atoms with Crippen LogP contribution in [0.15, 0.2) is 48.8 Å². The molecule has 0 aliphatic heterocycles. The summed E-state index contributed by atoms with van der Waals surface area (Å²) in [7, 11) is 0. The molecule has 5 nitrogen and oxygen atoms in total. The van der Waals surface area contributed by atoms with E-state index in [9.17, 15) is 5.11 Å². The number of pyridine rings is 1. The molecule has 6 heteroatoms. The van der Waals surface area contributed by atoms with E-state index in [4.69, 9.17) is 4.74 Å². The number of nitrogens with zero attached hydrogens (tertiary/aromatic N) is 2. The number of hydrogen-bond donors (Lipinski definition) is 2. The summed E-state index contributed by atoms with van der Waals surface area (Å²) in [5.41, 5.74) is 2.60. The average Bonchev–Trinajstić information content (AvgIpc) is 3.11. The zero-order valence-corrected chi connectivity index (χ0v) is 14.2. The Bertz CT molecular complexity index is 790. The minimum Gasteiger partial charge on any atom is -0.494 e. The third kappa shape index (κ3) is 3.90. The van der Waals surface area contributed by atoms with E-state index in [0.29, 0.717) is 13.2 Å². The van der Waals surface area contributed by atoms with Gasteiger partial charge in [0.25, 0.3) is 0 Å². The lowest BCUT2D eigenvalue weighted by Crippen LogP contribution is -2.01. The maximum absolute atomic E-state index is 9.46. The van der Waals surface area contributed by atoms with E-state index in [2.05, 4.69) is 15.3 Å². The second kappa shape index (κ2) is 7.90. The topological polar surface area (TPSA) is 67.3 Å². The molecule has 2 heterocycles. The highest BCUT2D eigenvalue weighted by atomic mass is 32.1. The van der Waals surface area contributed by atoms with Crippen LogP contribution in [0.3, 0.4) is 0 Å². The number of nitrogens with one attached hydrogen (secondary N) is 1. The van der Waals surface area contributed by atoms with E-state index in [0.717, 1.165) is 32.6 Å². The standard InChI is InChI=1S/C18H19N3O2S/c1-2-23-17-7-6-14(9-13(17)12-22)20-10-15-11-21-18(24-15)16-5-3-4-8-19-16/h3-9,11,20,22H,2,10,12H2,1H3. The largest absolute Gasteiger partial charge is 0.494 e. The molecule has 0 spiro atoms. The van der Waals surface area contributed by atoms with Crippen molar-refractivity contribution in [2.24, 2.45) is 0 Å². The molecule has 124 valence electrons. The number of hydrogen-bond acceptors (Lipinski definition) is 6. The van der Waals surface area contributed by atoms with Gasteiger partial charge in [-0.15, -0.1) is 11.3 Å². The van der Waals surface area contributed by atoms with Gasteiger partial charge in [-0.1, -0.05) is 6.07 Å². The molecule has 0 unspecified atom stereocenters. The first kappa shape index (κ1) is 16.4. The van der Waals surface area contributed by atoms with Crippen LogP contribution in [0.2, 0.25) is 0 Å². The zero-order chi connectivity index (χ0) is 16.8. The fourth-order valence-electron chi connectivity index (χ4n) is 2.30. The van der Waals surface area contributed by atoms with Gasteiger partial charge in [0.15, 0.2) is 0 Å². The Morgan fingerprint density at radius 1 is 1.21 bits per heavy atom. The first-order valence-electron chi connectivity index (χ1n) is 7.76. The second-order valence-corrected chi connectivity index (χ2v) is 6.23. The molecule has 0 radical (unpaired) electrons. The van der Waals surface area contributed by atoms with Gasteiger partial charge in [-0.25, -0.2) is 4.98 Å². The number of rotatable bonds is 7. The summed E-state index contributed by atoms with van der Waals surface area (Å²) in [6.07, 6.45) is 3.63. The lowest BCUT2D eigenvalue weighted by Gasteiger charge is -2.11. The van der Waals surface area contributed by atoms with Crippen molar-refractivity contribution in [2.45, 2.75) is 20.1 Å². The van der Waals surface area contributed by atoms with Crippen molar-refractivity contribution >= 4 is 17.0 Å². The SMILES string of the molecule is CCOc1ccc(NCc2cnc(-c3ccccn3)s2)cc1CO. The lowest BCUT2D eigenvalue weighted by molar-refractivity contribution is 0.267. The Morgan fingerprint density at radius 2 is 2.12 bits per heavy atom. The van der Waals surface area contributed by atoms with Crippen molar-refractivity contribution in [3.63, 3.8) is 0 Å². The maximum Gasteiger partial charge on any atom is 0.142 e. The van der Waals surface area contributed by atoms with Crippen molar-refractivity contribution in [1.29, 1.82) is 0 Å². The molecular formula is C18H19N3O2S. The van der Waals surface area contributed by atoms with Crippen molar-refractivity contribution in [1.82, 2.24) is 9.97 Å². The van der Waals surface area contributed by atoms with Crippen LogP contribution in [-0.2, 0) is 13.2 Å². The van der Waals surface area contributed by atoms with Crippen molar-refractivity contribution in [3.8, 4) is 16.5 Å². The third-order valence-corrected chi connectivity index (χ3v) is 4.45. The molecule has 0 atom stereocenters. The van der Waals surface area contributed by atoms with Crippen LogP contribution in [0.4, 0.5) is 5.69 Å². The quantitative estimate of drug-likeness (QED) is 0.686. The number of aromatic nitrogens is 2. The number of anilines is 1. The summed E-state index contributed by atoms with van der Waals surface area (Å²) >= 11 is 1.62. The van der Waals surface area contributed by atoms with E-state index in [1.54, 1.807) is 17.5 Å². The number of benzene rings is 1. The summed E-state index contributed by atoms with van der Waals surface area (Å²) in [6, 6.07) is 11.5. The maximum atomic E-state index is 9.46. The Morgan fingerprint density at radius 3 is 2.88 bits per heavy atom. The highest BCUT2D eigenvalue weighted by Gasteiger charge is 2.07. The van der Waals surface area contributed by atoms with Crippen molar-refractivity contribution in [3.05, 3.63) is 59.2 Å². The first-order valence-corrected chi connectivity index (χ1v) is 8.58. The van der Waals surface area contributed by atoms with E-state index < -0.39 is 0 Å². The number of aliphatic hydroxyl groups excluding tert-OH is 1. The molecule has 0 bridgehead atoms. The molecule has 0 fully saturated rings. The average molecular weight is 341 g/mol. The monoisotopic (exact) mass is 341 g/mol. The highest BCUT2D eigenvalue weighted by molar-refractivity contribution is 7.15. The summed E-state index contributed by atoms with van der Waals surface area (Å²) < 4.78 is 5.50. The molecule has 3 aromatic rings. The summed E-state index contributed by atoms with van der Waals surface area (Å²) in [4.78, 5) is 9.86. The molecule has 1 aromatic carbocycles. The number of thiazole rings is 1. The van der Waals surface area contributed by atoms with E-state index >= 15 is 0 Å². The lowest BCUT2D eigenvalue weighted by atomic mass is 10.2. The van der Waals surface area contributed by atoms with Crippen molar-refractivity contribution < 1.29 is 9.84 Å². The molecule has 0 amide bonds. The summed E-state index contributed by atoms with van der Waals surface area (Å²) in [5, 5.41) is 13.7. The summed E-state index contributed by atoms with van der Waals surface area (Å²) in [5.74, 6) is 0.723. The van der Waals surface area contributed by atoms with Crippen LogP contribution >= 0.6 is 11.3 Å². The van der Waals surface area contributed by atoms with Gasteiger partial charge in [0.2, 0.25) is 0 Å². The Labute approximate surface area is 145 Å². The van der Waals surface area contributed by atoms with Crippen LogP contribution in [-0.4, -0.2) is 21.7 Å². The van der Waals surface area contributed by atoms with E-state index in [1.165, 1.54) is 0 Å². The molecule has 2 N–H and O–H groups in total. The fourth-order valence-corrected chi connectivity index (χ4v) is 3.12. The fraction of sp³-hybridized carbons (Fsp3) is 0.222. The molecule has 0 saturated carbocycles. The first-order chi connectivity index (χ1) is 11.8. The van der Waals surface area contributed by atoms with Crippen LogP contribution in [0.5, 0.6) is 5.75 Å². The highest BCUT2D eigenvalue weighted by Crippen LogP contribution is 2.26. The summed E-state index contributed by atoms with van der Waals surface area (Å²) in [6.45, 7) is 3.13. The van der Waals surface area contributed by atoms with Gasteiger partial charge >= 0.3 is 0 Å². The minimum absolute atomic E-state index is 0.0464. The number of ether oxygens (including phenoxy) is 1. The van der Waals surface area contributed by atoms with Gasteiger partial charge in [0.05, 0.1) is 25.5 Å². The Hall–Kier alpha value is -2.44. The third-order valence-electron chi connectivity index (χ3n) is 3.43. The van der Waals surface area contributed by atoms with Gasteiger partial charge < -0.3 is 15.2 Å². The van der Waals surface area contributed by atoms with Crippen molar-refractivity contribution in [2.75, 3.05) is 11.9 Å². The predicted octanol–water partition coefficient (Wildman–Crippen LogP) is 3.71. The molecule has 0 aliphatic carbocycles. The van der Waals surface area contributed by atoms with Crippen LogP contribution in [0.25, 0.3) is 10.7 Å². The van der Waals surface area contributed by atoms with Gasteiger partial charge in [-0.2, -0.15) is 0 Å². The number of aliphatic hydroxyl groups is 1. The molecule has 0 aliphatic rings. The van der Waals surface area contributed by atoms with Crippen LogP contribution < -0.4 is 10.1 Å². The van der Waals surface area contributed by atoms with Crippen LogP contribution in [0.1, 0.15) is 17.4 Å². The normalized spacial score (nSPS) is 10.6. The zero-order valence-electron chi connectivity index (χ0n) is 13.4. The Balaban J connectivity index is 1.67. The molecule has 2 aromatic heterocycles. The van der Waals surface area contributed by atoms with Gasteiger partial charge in [-0.05, 0) is 37.3 Å². The second-order valence-electron chi connectivity index (χ2n) is 5.11. The molecule has 3 rings (SSSR count). The van der Waals surface area contributed by atoms with E-state index in [1.807, 2.05) is 49.5 Å². The van der Waals surface area contributed by atoms with Gasteiger partial charge in [0.1, 0.15) is 10.8 Å². The van der Waals surface area contributed by atoms with Gasteiger partial charge in [0, 0.05) is 28.5 Å². The molecular weight excluding hydrogens is 322 g/mol. The van der Waals surface area contributed by atoms with Gasteiger partial charge in [-0.3, -0.25) is 4.98 Å². The van der Waals surface area contributed by atoms with E-state index in [-0.39, 0.29) is 6.61 Å². The predicted molar refractivity (Wildman–Crippen MR) is 96.2 cm³/mol. The Kier molecular flexibility index (Phi) is 5.40. The smallest absolute Gasteiger partial charge is 0.142 e. The van der Waals surface area contributed by atoms with Crippen LogP contribution in [0, 0.1) is 0 Å². The molecule has 0 saturated heterocycles.